The quantitative estimate of drug-likeness (QED) is 0.702. The molecule has 1 atom stereocenters. The average Bonchev–Trinajstić information content (AvgIpc) is 2.73. The van der Waals surface area contributed by atoms with Gasteiger partial charge in [0.15, 0.2) is 0 Å². The second-order valence-electron chi connectivity index (χ2n) is 4.99. The van der Waals surface area contributed by atoms with Crippen LogP contribution >= 0.6 is 0 Å². The minimum absolute atomic E-state index is 0.0999. The van der Waals surface area contributed by atoms with E-state index in [9.17, 15) is 0 Å². The van der Waals surface area contributed by atoms with E-state index in [1.165, 1.54) is 25.7 Å². The van der Waals surface area contributed by atoms with Crippen molar-refractivity contribution in [2.45, 2.75) is 50.1 Å². The van der Waals surface area contributed by atoms with E-state index in [0.717, 1.165) is 32.0 Å². The van der Waals surface area contributed by atoms with Gasteiger partial charge in [-0.2, -0.15) is 0 Å². The molecule has 2 fully saturated rings. The van der Waals surface area contributed by atoms with E-state index < -0.39 is 0 Å². The van der Waals surface area contributed by atoms with Crippen molar-refractivity contribution >= 4 is 0 Å². The largest absolute Gasteiger partial charge is 0.396 e. The van der Waals surface area contributed by atoms with Gasteiger partial charge in [0, 0.05) is 31.3 Å². The third-order valence-electron chi connectivity index (χ3n) is 3.87. The second kappa shape index (κ2) is 4.17. The van der Waals surface area contributed by atoms with Gasteiger partial charge in [-0.15, -0.1) is 0 Å². The first kappa shape index (κ1) is 10.4. The number of hydrogen-bond donors (Lipinski definition) is 2. The number of nitrogens with zero attached hydrogens (tertiary/aromatic N) is 1. The minimum atomic E-state index is -0.0999. The molecule has 0 spiro atoms. The fourth-order valence-electron chi connectivity index (χ4n) is 2.94. The molecule has 14 heavy (non-hydrogen) atoms. The molecular formula is C11H22N2O. The molecule has 1 aliphatic heterocycles. The summed E-state index contributed by atoms with van der Waals surface area (Å²) in [5.41, 5.74) is 6.13. The van der Waals surface area contributed by atoms with E-state index in [1.54, 1.807) is 0 Å². The van der Waals surface area contributed by atoms with Crippen LogP contribution < -0.4 is 5.73 Å². The molecular weight excluding hydrogens is 176 g/mol. The van der Waals surface area contributed by atoms with Gasteiger partial charge < -0.3 is 10.8 Å². The highest BCUT2D eigenvalue weighted by molar-refractivity contribution is 4.96. The lowest BCUT2D eigenvalue weighted by molar-refractivity contribution is 0.206. The Kier molecular flexibility index (Phi) is 3.10. The van der Waals surface area contributed by atoms with Crippen LogP contribution in [0.25, 0.3) is 0 Å². The predicted octanol–water partition coefficient (Wildman–Crippen LogP) is 0.715. The van der Waals surface area contributed by atoms with Crippen molar-refractivity contribution in [3.8, 4) is 0 Å². The second-order valence-corrected chi connectivity index (χ2v) is 4.99. The van der Waals surface area contributed by atoms with Crippen LogP contribution in [0.3, 0.4) is 0 Å². The van der Waals surface area contributed by atoms with Gasteiger partial charge in [0.05, 0.1) is 0 Å². The lowest BCUT2D eigenvalue weighted by Gasteiger charge is -2.27. The summed E-state index contributed by atoms with van der Waals surface area (Å²) >= 11 is 0. The van der Waals surface area contributed by atoms with Gasteiger partial charge in [-0.25, -0.2) is 0 Å². The third kappa shape index (κ3) is 2.10. The molecule has 2 aliphatic rings. The van der Waals surface area contributed by atoms with Gasteiger partial charge >= 0.3 is 0 Å². The molecule has 1 saturated heterocycles. The summed E-state index contributed by atoms with van der Waals surface area (Å²) in [5, 5.41) is 8.94. The number of likely N-dealkylation sites (tertiary alicyclic amines) is 1. The standard InChI is InChI=1S/C11H22N2O/c12-11(6-8-14)5-7-13(9-11)10-3-1-2-4-10/h10,14H,1-9,12H2. The third-order valence-corrected chi connectivity index (χ3v) is 3.87. The van der Waals surface area contributed by atoms with E-state index in [2.05, 4.69) is 4.90 Å². The maximum atomic E-state index is 8.94. The van der Waals surface area contributed by atoms with Crippen molar-refractivity contribution in [1.82, 2.24) is 4.90 Å². The fourth-order valence-corrected chi connectivity index (χ4v) is 2.94. The van der Waals surface area contributed by atoms with Crippen molar-refractivity contribution in [2.75, 3.05) is 19.7 Å². The molecule has 0 amide bonds. The van der Waals surface area contributed by atoms with E-state index in [4.69, 9.17) is 10.8 Å². The van der Waals surface area contributed by atoms with E-state index in [0.29, 0.717) is 0 Å². The lowest BCUT2D eigenvalue weighted by Crippen LogP contribution is -2.45. The van der Waals surface area contributed by atoms with Crippen molar-refractivity contribution < 1.29 is 5.11 Å². The van der Waals surface area contributed by atoms with Crippen molar-refractivity contribution in [1.29, 1.82) is 0 Å². The number of hydrogen-bond acceptors (Lipinski definition) is 3. The summed E-state index contributed by atoms with van der Waals surface area (Å²) in [5.74, 6) is 0. The molecule has 1 aliphatic carbocycles. The molecule has 0 aromatic heterocycles. The summed E-state index contributed by atoms with van der Waals surface area (Å²) < 4.78 is 0. The molecule has 0 bridgehead atoms. The molecule has 0 radical (unpaired) electrons. The monoisotopic (exact) mass is 198 g/mol. The molecule has 82 valence electrons. The lowest BCUT2D eigenvalue weighted by atomic mass is 9.96. The zero-order chi connectivity index (χ0) is 10.0. The summed E-state index contributed by atoms with van der Waals surface area (Å²) in [6.45, 7) is 2.37. The van der Waals surface area contributed by atoms with Gasteiger partial charge in [0.25, 0.3) is 0 Å². The van der Waals surface area contributed by atoms with E-state index >= 15 is 0 Å². The molecule has 2 rings (SSSR count). The van der Waals surface area contributed by atoms with Crippen molar-refractivity contribution in [3.63, 3.8) is 0 Å². The zero-order valence-electron chi connectivity index (χ0n) is 8.91. The maximum absolute atomic E-state index is 8.94. The van der Waals surface area contributed by atoms with Crippen LogP contribution in [0.5, 0.6) is 0 Å². The van der Waals surface area contributed by atoms with Gasteiger partial charge in [-0.1, -0.05) is 12.8 Å². The highest BCUT2D eigenvalue weighted by atomic mass is 16.3. The number of aliphatic hydroxyl groups excluding tert-OH is 1. The molecule has 1 unspecified atom stereocenters. The highest BCUT2D eigenvalue weighted by Crippen LogP contribution is 2.30. The Balaban J connectivity index is 1.86. The van der Waals surface area contributed by atoms with Crippen LogP contribution in [0.4, 0.5) is 0 Å². The molecule has 1 heterocycles. The van der Waals surface area contributed by atoms with Gasteiger partial charge in [-0.05, 0) is 25.7 Å². The van der Waals surface area contributed by atoms with E-state index in [-0.39, 0.29) is 12.1 Å². The zero-order valence-corrected chi connectivity index (χ0v) is 8.91. The first-order valence-corrected chi connectivity index (χ1v) is 5.87. The van der Waals surface area contributed by atoms with Gasteiger partial charge in [0.2, 0.25) is 0 Å². The Hall–Kier alpha value is -0.120. The minimum Gasteiger partial charge on any atom is -0.396 e. The predicted molar refractivity (Wildman–Crippen MR) is 57.1 cm³/mol. The number of nitrogens with two attached hydrogens (primary N) is 1. The molecule has 3 nitrogen and oxygen atoms in total. The summed E-state index contributed by atoms with van der Waals surface area (Å²) in [7, 11) is 0. The Morgan fingerprint density at radius 3 is 2.71 bits per heavy atom. The number of rotatable bonds is 3. The van der Waals surface area contributed by atoms with Crippen LogP contribution in [0, 0.1) is 0 Å². The first-order chi connectivity index (χ1) is 6.73. The van der Waals surface area contributed by atoms with Crippen molar-refractivity contribution in [2.24, 2.45) is 5.73 Å². The molecule has 3 heteroatoms. The Morgan fingerprint density at radius 2 is 2.07 bits per heavy atom. The smallest absolute Gasteiger partial charge is 0.0449 e. The van der Waals surface area contributed by atoms with Crippen molar-refractivity contribution in [3.05, 3.63) is 0 Å². The number of aliphatic hydroxyl groups is 1. The molecule has 3 N–H and O–H groups in total. The van der Waals surface area contributed by atoms with Crippen LogP contribution in [-0.4, -0.2) is 41.3 Å². The molecule has 0 aromatic rings. The topological polar surface area (TPSA) is 49.5 Å². The summed E-state index contributed by atoms with van der Waals surface area (Å²) in [6.07, 6.45) is 7.31. The maximum Gasteiger partial charge on any atom is 0.0449 e. The fraction of sp³-hybridized carbons (Fsp3) is 1.00. The summed E-state index contributed by atoms with van der Waals surface area (Å²) in [4.78, 5) is 2.54. The van der Waals surface area contributed by atoms with Gasteiger partial charge in [-0.3, -0.25) is 4.90 Å². The van der Waals surface area contributed by atoms with Crippen LogP contribution in [-0.2, 0) is 0 Å². The van der Waals surface area contributed by atoms with Gasteiger partial charge in [0.1, 0.15) is 0 Å². The van der Waals surface area contributed by atoms with E-state index in [1.807, 2.05) is 0 Å². The van der Waals surface area contributed by atoms with Crippen LogP contribution in [0.15, 0.2) is 0 Å². The first-order valence-electron chi connectivity index (χ1n) is 5.87. The van der Waals surface area contributed by atoms with Crippen LogP contribution in [0.2, 0.25) is 0 Å². The Bertz CT molecular complexity index is 192. The van der Waals surface area contributed by atoms with Crippen LogP contribution in [0.1, 0.15) is 38.5 Å². The molecule has 0 aromatic carbocycles. The molecule has 1 saturated carbocycles. The Morgan fingerprint density at radius 1 is 1.36 bits per heavy atom. The summed E-state index contributed by atoms with van der Waals surface area (Å²) in [6, 6.07) is 0.791. The highest BCUT2D eigenvalue weighted by Gasteiger charge is 2.37. The SMILES string of the molecule is NC1(CCO)CCN(C2CCCC2)C1. The Labute approximate surface area is 86.3 Å². The average molecular weight is 198 g/mol. The normalized spacial score (nSPS) is 35.6.